The second-order valence-corrected chi connectivity index (χ2v) is 10.7. The van der Waals surface area contributed by atoms with Crippen LogP contribution < -0.4 is 0 Å². The van der Waals surface area contributed by atoms with Crippen LogP contribution in [0.3, 0.4) is 0 Å². The molecule has 0 aromatic rings. The van der Waals surface area contributed by atoms with E-state index in [1.807, 2.05) is 6.92 Å². The second kappa shape index (κ2) is 7.42. The van der Waals surface area contributed by atoms with Gasteiger partial charge in [0.15, 0.2) is 6.29 Å². The Kier molecular flexibility index (Phi) is 7.48. The number of methoxy groups -OCH3 is 1. The van der Waals surface area contributed by atoms with Crippen LogP contribution >= 0.6 is 0 Å². The predicted octanol–water partition coefficient (Wildman–Crippen LogP) is 3.82. The van der Waals surface area contributed by atoms with E-state index < -0.39 is 8.07 Å². The summed E-state index contributed by atoms with van der Waals surface area (Å²) in [7, 11) is 0.488. The lowest BCUT2D eigenvalue weighted by atomic mass is 10.2. The van der Waals surface area contributed by atoms with E-state index in [1.54, 1.807) is 7.11 Å². The lowest BCUT2D eigenvalue weighted by Crippen LogP contribution is -2.42. The fraction of sp³-hybridized carbons (Fsp3) is 1.00. The van der Waals surface area contributed by atoms with E-state index in [2.05, 4.69) is 26.6 Å². The lowest BCUT2D eigenvalue weighted by molar-refractivity contribution is -0.126. The number of ether oxygens (including phenoxy) is 2. The molecule has 15 heavy (non-hydrogen) atoms. The fourth-order valence-electron chi connectivity index (χ4n) is 1.57. The monoisotopic (exact) mass is 232 g/mol. The van der Waals surface area contributed by atoms with Crippen molar-refractivity contribution in [2.24, 2.45) is 0 Å². The molecule has 0 amide bonds. The van der Waals surface area contributed by atoms with Crippen LogP contribution in [-0.4, -0.2) is 27.2 Å². The van der Waals surface area contributed by atoms with Gasteiger partial charge in [0.25, 0.3) is 0 Å². The quantitative estimate of drug-likeness (QED) is 0.360. The zero-order chi connectivity index (χ0) is 11.9. The summed E-state index contributed by atoms with van der Waals surface area (Å²) in [5, 5.41) is 0. The first kappa shape index (κ1) is 15.1. The average molecular weight is 232 g/mol. The van der Waals surface area contributed by atoms with Gasteiger partial charge in [0, 0.05) is 7.11 Å². The van der Waals surface area contributed by atoms with Crippen molar-refractivity contribution in [2.75, 3.05) is 7.11 Å². The first-order valence-electron chi connectivity index (χ1n) is 6.10. The Labute approximate surface area is 96.4 Å². The molecule has 3 heteroatoms. The second-order valence-electron chi connectivity index (χ2n) is 5.29. The van der Waals surface area contributed by atoms with Gasteiger partial charge in [-0.1, -0.05) is 45.8 Å². The largest absolute Gasteiger partial charge is 0.356 e. The van der Waals surface area contributed by atoms with Crippen molar-refractivity contribution in [2.45, 2.75) is 71.2 Å². The Hall–Kier alpha value is 0.137. The molecular weight excluding hydrogens is 204 g/mol. The maximum absolute atomic E-state index is 5.95. The zero-order valence-corrected chi connectivity index (χ0v) is 12.3. The number of hydrogen-bond acceptors (Lipinski definition) is 2. The molecule has 0 fully saturated rings. The van der Waals surface area contributed by atoms with Crippen molar-refractivity contribution in [3.05, 3.63) is 0 Å². The predicted molar refractivity (Wildman–Crippen MR) is 68.8 cm³/mol. The highest BCUT2D eigenvalue weighted by Crippen LogP contribution is 2.19. The molecule has 0 saturated heterocycles. The van der Waals surface area contributed by atoms with Gasteiger partial charge >= 0.3 is 0 Å². The molecule has 0 rings (SSSR count). The van der Waals surface area contributed by atoms with Crippen molar-refractivity contribution in [3.8, 4) is 0 Å². The maximum atomic E-state index is 5.95. The molecule has 0 saturated carbocycles. The molecule has 92 valence electrons. The van der Waals surface area contributed by atoms with Crippen LogP contribution in [0.2, 0.25) is 19.6 Å². The Bertz CT molecular complexity index is 154. The van der Waals surface area contributed by atoms with Crippen LogP contribution in [0, 0.1) is 0 Å². The summed E-state index contributed by atoms with van der Waals surface area (Å²) in [5.74, 6) is 0. The Morgan fingerprint density at radius 1 is 1.13 bits per heavy atom. The van der Waals surface area contributed by atoms with Gasteiger partial charge < -0.3 is 9.47 Å². The van der Waals surface area contributed by atoms with Gasteiger partial charge in [0.05, 0.1) is 13.8 Å². The minimum atomic E-state index is -1.22. The highest BCUT2D eigenvalue weighted by Gasteiger charge is 2.28. The minimum Gasteiger partial charge on any atom is -0.356 e. The third-order valence-corrected chi connectivity index (χ3v) is 5.08. The van der Waals surface area contributed by atoms with E-state index in [0.717, 1.165) is 0 Å². The molecule has 0 spiro atoms. The third-order valence-electron chi connectivity index (χ3n) is 2.72. The lowest BCUT2D eigenvalue weighted by Gasteiger charge is -2.31. The summed E-state index contributed by atoms with van der Waals surface area (Å²) in [6, 6.07) is 0. The van der Waals surface area contributed by atoms with Crippen molar-refractivity contribution in [1.29, 1.82) is 0 Å². The Balaban J connectivity index is 4.08. The van der Waals surface area contributed by atoms with Crippen LogP contribution in [0.15, 0.2) is 0 Å². The highest BCUT2D eigenvalue weighted by atomic mass is 28.3. The Morgan fingerprint density at radius 2 is 1.73 bits per heavy atom. The number of hydrogen-bond donors (Lipinski definition) is 0. The molecule has 2 nitrogen and oxygen atoms in total. The van der Waals surface area contributed by atoms with E-state index in [0.29, 0.717) is 5.73 Å². The van der Waals surface area contributed by atoms with Crippen molar-refractivity contribution in [1.82, 2.24) is 0 Å². The van der Waals surface area contributed by atoms with Crippen LogP contribution in [0.4, 0.5) is 0 Å². The van der Waals surface area contributed by atoms with Crippen molar-refractivity contribution >= 4 is 8.07 Å². The van der Waals surface area contributed by atoms with E-state index in [9.17, 15) is 0 Å². The topological polar surface area (TPSA) is 18.5 Å². The average Bonchev–Trinajstić information content (AvgIpc) is 2.14. The fourth-order valence-corrected chi connectivity index (χ4v) is 3.24. The van der Waals surface area contributed by atoms with Gasteiger partial charge in [-0.05, 0) is 13.3 Å². The molecule has 0 heterocycles. The highest BCUT2D eigenvalue weighted by molar-refractivity contribution is 6.77. The molecule has 0 N–H and O–H groups in total. The molecular formula is C12H28O2Si. The molecule has 0 aliphatic heterocycles. The van der Waals surface area contributed by atoms with E-state index in [-0.39, 0.29) is 6.29 Å². The van der Waals surface area contributed by atoms with Gasteiger partial charge in [-0.15, -0.1) is 0 Å². The van der Waals surface area contributed by atoms with Crippen LogP contribution in [-0.2, 0) is 9.47 Å². The number of rotatable bonds is 8. The van der Waals surface area contributed by atoms with Gasteiger partial charge in [-0.3, -0.25) is 0 Å². The molecule has 0 radical (unpaired) electrons. The molecule has 2 atom stereocenters. The van der Waals surface area contributed by atoms with Gasteiger partial charge in [0.1, 0.15) is 0 Å². The van der Waals surface area contributed by atoms with Gasteiger partial charge in [-0.25, -0.2) is 0 Å². The van der Waals surface area contributed by atoms with Crippen LogP contribution in [0.1, 0.15) is 39.5 Å². The first-order valence-corrected chi connectivity index (χ1v) is 9.67. The zero-order valence-electron chi connectivity index (χ0n) is 11.3. The van der Waals surface area contributed by atoms with Crippen molar-refractivity contribution in [3.63, 3.8) is 0 Å². The van der Waals surface area contributed by atoms with E-state index in [4.69, 9.17) is 9.47 Å². The van der Waals surface area contributed by atoms with Crippen molar-refractivity contribution < 1.29 is 9.47 Å². The summed E-state index contributed by atoms with van der Waals surface area (Å²) < 4.78 is 11.1. The SMILES string of the molecule is CCCCC[C@@H](O[C@@H](C)OC)[Si](C)(C)C. The Morgan fingerprint density at radius 3 is 2.13 bits per heavy atom. The summed E-state index contributed by atoms with van der Waals surface area (Å²) in [5.41, 5.74) is 0.430. The third kappa shape index (κ3) is 7.09. The molecule has 0 aromatic carbocycles. The van der Waals surface area contributed by atoms with Crippen LogP contribution in [0.5, 0.6) is 0 Å². The maximum Gasteiger partial charge on any atom is 0.154 e. The standard InChI is InChI=1S/C12H28O2Si/c1-7-8-9-10-12(15(4,5)6)14-11(2)13-3/h11-12H,7-10H2,1-6H3/t11-,12-/m0/s1. The minimum absolute atomic E-state index is 0.0663. The summed E-state index contributed by atoms with van der Waals surface area (Å²) >= 11 is 0. The van der Waals surface area contributed by atoms with E-state index >= 15 is 0 Å². The normalized spacial score (nSPS) is 16.4. The molecule has 0 bridgehead atoms. The summed E-state index contributed by atoms with van der Waals surface area (Å²) in [6.07, 6.45) is 4.99. The summed E-state index contributed by atoms with van der Waals surface area (Å²) in [6.45, 7) is 11.3. The van der Waals surface area contributed by atoms with Crippen LogP contribution in [0.25, 0.3) is 0 Å². The molecule has 0 aliphatic rings. The molecule has 0 aromatic heterocycles. The number of unbranched alkanes of at least 4 members (excludes halogenated alkanes) is 2. The van der Waals surface area contributed by atoms with Gasteiger partial charge in [-0.2, -0.15) is 0 Å². The molecule has 0 unspecified atom stereocenters. The molecule has 0 aliphatic carbocycles. The van der Waals surface area contributed by atoms with Gasteiger partial charge in [0.2, 0.25) is 0 Å². The van der Waals surface area contributed by atoms with E-state index in [1.165, 1.54) is 25.7 Å². The smallest absolute Gasteiger partial charge is 0.154 e. The summed E-state index contributed by atoms with van der Waals surface area (Å²) in [4.78, 5) is 0. The first-order chi connectivity index (χ1) is 6.91.